The zero-order chi connectivity index (χ0) is 16.2. The predicted molar refractivity (Wildman–Crippen MR) is 89.7 cm³/mol. The molecule has 0 spiro atoms. The van der Waals surface area contributed by atoms with E-state index in [9.17, 15) is 9.18 Å². The lowest BCUT2D eigenvalue weighted by atomic mass is 10.2. The van der Waals surface area contributed by atoms with Gasteiger partial charge < -0.3 is 4.43 Å². The number of carbonyl (C=O) groups is 1. The maximum atomic E-state index is 14.0. The zero-order valence-electron chi connectivity index (χ0n) is 13.1. The summed E-state index contributed by atoms with van der Waals surface area (Å²) in [4.78, 5) is 10.9. The molecule has 0 aliphatic carbocycles. The maximum absolute atomic E-state index is 14.0. The van der Waals surface area contributed by atoms with Crippen molar-refractivity contribution in [2.75, 3.05) is 0 Å². The Labute approximate surface area is 132 Å². The topological polar surface area (TPSA) is 26.3 Å². The number of hydrogen-bond acceptors (Lipinski definition) is 2. The Kier molecular flexibility index (Phi) is 4.93. The largest absolute Gasteiger partial charge is 0.374 e. The molecule has 0 amide bonds. The van der Waals surface area contributed by atoms with Crippen LogP contribution >= 0.6 is 0 Å². The quantitative estimate of drug-likeness (QED) is 0.626. The van der Waals surface area contributed by atoms with Gasteiger partial charge in [-0.1, -0.05) is 81.4 Å². The third kappa shape index (κ3) is 3.03. The standard InChI is InChI=1S/C18H21FO2Si/c1-18(2,3)22(21-17(19)14-20,15-10-6-4-7-11-15)16-12-8-5-9-13-16/h4-14,17H,1-3H3. The molecule has 0 bridgehead atoms. The Bertz CT molecular complexity index is 568. The van der Waals surface area contributed by atoms with E-state index in [1.165, 1.54) is 0 Å². The van der Waals surface area contributed by atoms with Crippen LogP contribution in [0.2, 0.25) is 5.04 Å². The molecular formula is C18H21FO2Si. The van der Waals surface area contributed by atoms with Gasteiger partial charge in [-0.25, -0.2) is 4.39 Å². The van der Waals surface area contributed by atoms with Crippen LogP contribution < -0.4 is 10.4 Å². The molecule has 116 valence electrons. The first-order chi connectivity index (χ1) is 10.4. The van der Waals surface area contributed by atoms with Crippen molar-refractivity contribution >= 4 is 25.0 Å². The zero-order valence-corrected chi connectivity index (χ0v) is 14.1. The average Bonchev–Trinajstić information content (AvgIpc) is 2.52. The molecule has 0 N–H and O–H groups in total. The van der Waals surface area contributed by atoms with Crippen molar-refractivity contribution in [2.45, 2.75) is 32.2 Å². The lowest BCUT2D eigenvalue weighted by Gasteiger charge is -2.43. The fourth-order valence-electron chi connectivity index (χ4n) is 2.89. The van der Waals surface area contributed by atoms with E-state index in [1.807, 2.05) is 81.4 Å². The molecule has 0 saturated heterocycles. The summed E-state index contributed by atoms with van der Waals surface area (Å²) in [7, 11) is -2.94. The van der Waals surface area contributed by atoms with Crippen molar-refractivity contribution in [3.05, 3.63) is 60.7 Å². The minimum Gasteiger partial charge on any atom is -0.374 e. The Morgan fingerprint density at radius 2 is 1.36 bits per heavy atom. The number of aldehydes is 1. The number of rotatable bonds is 5. The van der Waals surface area contributed by atoms with Crippen LogP contribution in [0, 0.1) is 0 Å². The third-order valence-corrected chi connectivity index (χ3v) is 8.80. The lowest BCUT2D eigenvalue weighted by molar-refractivity contribution is -0.120. The number of carbonyl (C=O) groups excluding carboxylic acids is 1. The van der Waals surface area contributed by atoms with Crippen molar-refractivity contribution in [3.8, 4) is 0 Å². The van der Waals surface area contributed by atoms with Gasteiger partial charge in [0.1, 0.15) is 0 Å². The molecule has 2 nitrogen and oxygen atoms in total. The fourth-order valence-corrected chi connectivity index (χ4v) is 7.30. The van der Waals surface area contributed by atoms with Crippen LogP contribution in [0.5, 0.6) is 0 Å². The fraction of sp³-hybridized carbons (Fsp3) is 0.278. The van der Waals surface area contributed by atoms with Crippen LogP contribution in [-0.2, 0) is 9.22 Å². The first kappa shape index (κ1) is 16.6. The predicted octanol–water partition coefficient (Wildman–Crippen LogP) is 3.06. The van der Waals surface area contributed by atoms with Crippen LogP contribution in [0.25, 0.3) is 0 Å². The summed E-state index contributed by atoms with van der Waals surface area (Å²) in [6, 6.07) is 19.4. The summed E-state index contributed by atoms with van der Waals surface area (Å²) >= 11 is 0. The van der Waals surface area contributed by atoms with Gasteiger partial charge in [0, 0.05) is 0 Å². The van der Waals surface area contributed by atoms with Crippen molar-refractivity contribution in [1.29, 1.82) is 0 Å². The normalized spacial score (nSPS) is 13.6. The van der Waals surface area contributed by atoms with Gasteiger partial charge in [-0.15, -0.1) is 0 Å². The molecule has 0 radical (unpaired) electrons. The second-order valence-electron chi connectivity index (χ2n) is 6.27. The van der Waals surface area contributed by atoms with E-state index in [-0.39, 0.29) is 11.3 Å². The van der Waals surface area contributed by atoms with Crippen LogP contribution in [0.1, 0.15) is 20.8 Å². The second-order valence-corrected chi connectivity index (χ2v) is 10.5. The van der Waals surface area contributed by atoms with Gasteiger partial charge in [0.15, 0.2) is 6.29 Å². The van der Waals surface area contributed by atoms with Crippen molar-refractivity contribution < 1.29 is 13.6 Å². The Balaban J connectivity index is 2.72. The number of hydrogen-bond donors (Lipinski definition) is 0. The maximum Gasteiger partial charge on any atom is 0.265 e. The molecule has 4 heteroatoms. The van der Waals surface area contributed by atoms with Crippen LogP contribution in [-0.4, -0.2) is 21.0 Å². The van der Waals surface area contributed by atoms with Gasteiger partial charge in [0.25, 0.3) is 8.32 Å². The number of halogens is 1. The van der Waals surface area contributed by atoms with E-state index >= 15 is 0 Å². The van der Waals surface area contributed by atoms with Crippen LogP contribution in [0.3, 0.4) is 0 Å². The molecule has 2 rings (SSSR count). The van der Waals surface area contributed by atoms with E-state index in [1.54, 1.807) is 0 Å². The van der Waals surface area contributed by atoms with Crippen molar-refractivity contribution in [2.24, 2.45) is 0 Å². The molecule has 0 aliphatic rings. The van der Waals surface area contributed by atoms with Crippen molar-refractivity contribution in [1.82, 2.24) is 0 Å². The average molecular weight is 316 g/mol. The molecule has 22 heavy (non-hydrogen) atoms. The van der Waals surface area contributed by atoms with E-state index in [2.05, 4.69) is 0 Å². The lowest BCUT2D eigenvalue weighted by Crippen LogP contribution is -2.67. The highest BCUT2D eigenvalue weighted by Crippen LogP contribution is 2.37. The first-order valence-corrected chi connectivity index (χ1v) is 9.21. The highest BCUT2D eigenvalue weighted by molar-refractivity contribution is 6.99. The number of alkyl halides is 1. The molecule has 1 atom stereocenters. The molecule has 0 heterocycles. The summed E-state index contributed by atoms with van der Waals surface area (Å²) in [5, 5.41) is 1.58. The van der Waals surface area contributed by atoms with E-state index in [0.29, 0.717) is 0 Å². The Morgan fingerprint density at radius 1 is 0.955 bits per heavy atom. The smallest absolute Gasteiger partial charge is 0.265 e. The summed E-state index contributed by atoms with van der Waals surface area (Å²) in [5.74, 6) is 0. The molecule has 0 saturated carbocycles. The summed E-state index contributed by atoms with van der Waals surface area (Å²) < 4.78 is 19.8. The van der Waals surface area contributed by atoms with Gasteiger partial charge in [0.2, 0.25) is 6.36 Å². The molecule has 2 aromatic rings. The van der Waals surface area contributed by atoms with E-state index < -0.39 is 14.7 Å². The molecule has 1 unspecified atom stereocenters. The van der Waals surface area contributed by atoms with Gasteiger partial charge in [-0.05, 0) is 15.4 Å². The van der Waals surface area contributed by atoms with Crippen molar-refractivity contribution in [3.63, 3.8) is 0 Å². The van der Waals surface area contributed by atoms with E-state index in [0.717, 1.165) is 10.4 Å². The molecule has 0 fully saturated rings. The SMILES string of the molecule is CC(C)(C)[Si](OC(F)C=O)(c1ccccc1)c1ccccc1. The Hall–Kier alpha value is -1.78. The van der Waals surface area contributed by atoms with Crippen LogP contribution in [0.15, 0.2) is 60.7 Å². The highest BCUT2D eigenvalue weighted by Gasteiger charge is 2.51. The van der Waals surface area contributed by atoms with Gasteiger partial charge in [0.05, 0.1) is 0 Å². The van der Waals surface area contributed by atoms with E-state index in [4.69, 9.17) is 4.43 Å². The molecule has 0 aliphatic heterocycles. The minimum absolute atomic E-state index is 0.222. The molecule has 0 aromatic heterocycles. The third-order valence-electron chi connectivity index (χ3n) is 3.81. The summed E-state index contributed by atoms with van der Waals surface area (Å²) in [6.45, 7) is 6.12. The molecule has 2 aromatic carbocycles. The summed E-state index contributed by atoms with van der Waals surface area (Å²) in [6.07, 6.45) is -1.70. The molecular weight excluding hydrogens is 295 g/mol. The van der Waals surface area contributed by atoms with Gasteiger partial charge >= 0.3 is 0 Å². The first-order valence-electron chi connectivity index (χ1n) is 7.30. The number of benzene rings is 2. The highest BCUT2D eigenvalue weighted by atomic mass is 28.4. The minimum atomic E-state index is -2.94. The second kappa shape index (κ2) is 6.54. The monoisotopic (exact) mass is 316 g/mol. The van der Waals surface area contributed by atoms with Gasteiger partial charge in [-0.3, -0.25) is 4.79 Å². The Morgan fingerprint density at radius 3 is 1.68 bits per heavy atom. The van der Waals surface area contributed by atoms with Gasteiger partial charge in [-0.2, -0.15) is 0 Å². The van der Waals surface area contributed by atoms with Crippen LogP contribution in [0.4, 0.5) is 4.39 Å². The summed E-state index contributed by atoms with van der Waals surface area (Å²) in [5.41, 5.74) is 0.